The normalized spacial score (nSPS) is 18.0. The van der Waals surface area contributed by atoms with Crippen molar-refractivity contribution in [3.05, 3.63) is 20.8 Å². The van der Waals surface area contributed by atoms with Crippen LogP contribution in [0.1, 0.15) is 37.5 Å². The Morgan fingerprint density at radius 1 is 1.53 bits per heavy atom. The van der Waals surface area contributed by atoms with Crippen LogP contribution in [-0.2, 0) is 6.54 Å². The predicted octanol–water partition coefficient (Wildman–Crippen LogP) is 4.18. The van der Waals surface area contributed by atoms with E-state index < -0.39 is 0 Å². The molecule has 1 aliphatic carbocycles. The largest absolute Gasteiger partial charge is 0.311 e. The van der Waals surface area contributed by atoms with Crippen LogP contribution in [-0.4, -0.2) is 6.54 Å². The predicted molar refractivity (Wildman–Crippen MR) is 70.3 cm³/mol. The maximum absolute atomic E-state index is 3.59. The maximum Gasteiger partial charge on any atom is 0.0300 e. The first-order valence-corrected chi connectivity index (χ1v) is 7.35. The van der Waals surface area contributed by atoms with Crippen LogP contribution in [0.3, 0.4) is 0 Å². The van der Waals surface area contributed by atoms with Gasteiger partial charge in [0.25, 0.3) is 0 Å². The zero-order valence-corrected chi connectivity index (χ0v) is 11.6. The molecular weight excluding hydrogens is 270 g/mol. The molecule has 15 heavy (non-hydrogen) atoms. The van der Waals surface area contributed by atoms with Crippen molar-refractivity contribution < 1.29 is 0 Å². The summed E-state index contributed by atoms with van der Waals surface area (Å²) in [7, 11) is 0. The number of hydrogen-bond donors (Lipinski definition) is 1. The lowest BCUT2D eigenvalue weighted by Crippen LogP contribution is -2.23. The lowest BCUT2D eigenvalue weighted by atomic mass is 10.0. The van der Waals surface area contributed by atoms with E-state index in [1.807, 2.05) is 11.3 Å². The van der Waals surface area contributed by atoms with Gasteiger partial charge in [-0.25, -0.2) is 0 Å². The Hall–Kier alpha value is 0.140. The summed E-state index contributed by atoms with van der Waals surface area (Å²) in [5, 5.41) is 5.74. The van der Waals surface area contributed by atoms with Gasteiger partial charge in [0.05, 0.1) is 0 Å². The highest BCUT2D eigenvalue weighted by atomic mass is 79.9. The summed E-state index contributed by atoms with van der Waals surface area (Å²) in [5.74, 6) is 0. The summed E-state index contributed by atoms with van der Waals surface area (Å²) in [6.07, 6.45) is 5.59. The molecule has 1 heterocycles. The van der Waals surface area contributed by atoms with Gasteiger partial charge in [-0.05, 0) is 46.7 Å². The van der Waals surface area contributed by atoms with Crippen LogP contribution in [0.4, 0.5) is 0 Å². The maximum atomic E-state index is 3.59. The van der Waals surface area contributed by atoms with Crippen molar-refractivity contribution in [3.8, 4) is 0 Å². The number of thiophene rings is 1. The van der Waals surface area contributed by atoms with Crippen molar-refractivity contribution in [2.75, 3.05) is 6.54 Å². The quantitative estimate of drug-likeness (QED) is 0.828. The first kappa shape index (κ1) is 11.6. The SMILES string of the molecule is CCCC1(CNCc2cc(Br)cs2)CC1. The van der Waals surface area contributed by atoms with Gasteiger partial charge in [-0.2, -0.15) is 0 Å². The van der Waals surface area contributed by atoms with Gasteiger partial charge in [-0.3, -0.25) is 0 Å². The molecular formula is C12H18BrNS. The molecule has 0 saturated heterocycles. The van der Waals surface area contributed by atoms with Crippen LogP contribution in [0, 0.1) is 5.41 Å². The Labute approximate surface area is 104 Å². The Morgan fingerprint density at radius 2 is 2.33 bits per heavy atom. The van der Waals surface area contributed by atoms with Gasteiger partial charge in [0.15, 0.2) is 0 Å². The Bertz CT molecular complexity index is 317. The number of halogens is 1. The Morgan fingerprint density at radius 3 is 2.87 bits per heavy atom. The minimum atomic E-state index is 0.670. The van der Waals surface area contributed by atoms with E-state index in [2.05, 4.69) is 39.6 Å². The number of rotatable bonds is 6. The van der Waals surface area contributed by atoms with Crippen LogP contribution in [0.5, 0.6) is 0 Å². The second kappa shape index (κ2) is 4.98. The third-order valence-electron chi connectivity index (χ3n) is 3.16. The van der Waals surface area contributed by atoms with Crippen LogP contribution in [0.15, 0.2) is 15.9 Å². The molecule has 0 bridgehead atoms. The Balaban J connectivity index is 1.71. The van der Waals surface area contributed by atoms with Crippen molar-refractivity contribution >= 4 is 27.3 Å². The van der Waals surface area contributed by atoms with Gasteiger partial charge in [0.2, 0.25) is 0 Å². The molecule has 0 atom stereocenters. The van der Waals surface area contributed by atoms with E-state index in [9.17, 15) is 0 Å². The van der Waals surface area contributed by atoms with E-state index in [1.165, 1.54) is 41.6 Å². The molecule has 1 aromatic heterocycles. The van der Waals surface area contributed by atoms with E-state index in [-0.39, 0.29) is 0 Å². The molecule has 0 amide bonds. The molecule has 1 fully saturated rings. The van der Waals surface area contributed by atoms with Gasteiger partial charge in [-0.1, -0.05) is 13.3 Å². The molecule has 1 N–H and O–H groups in total. The number of hydrogen-bond acceptors (Lipinski definition) is 2. The molecule has 1 aliphatic rings. The van der Waals surface area contributed by atoms with Crippen molar-refractivity contribution in [2.45, 2.75) is 39.2 Å². The standard InChI is InChI=1S/C12H18BrNS/c1-2-3-12(4-5-12)9-14-7-11-6-10(13)8-15-11/h6,8,14H,2-5,7,9H2,1H3. The highest BCUT2D eigenvalue weighted by Gasteiger charge is 2.40. The van der Waals surface area contributed by atoms with E-state index in [1.54, 1.807) is 0 Å². The zero-order valence-electron chi connectivity index (χ0n) is 9.18. The molecule has 1 nitrogen and oxygen atoms in total. The average Bonchev–Trinajstić information content (AvgIpc) is 2.83. The molecule has 0 unspecified atom stereocenters. The highest BCUT2D eigenvalue weighted by Crippen LogP contribution is 2.48. The first-order valence-electron chi connectivity index (χ1n) is 5.68. The van der Waals surface area contributed by atoms with E-state index in [0.29, 0.717) is 5.41 Å². The van der Waals surface area contributed by atoms with Gasteiger partial charge < -0.3 is 5.32 Å². The molecule has 0 radical (unpaired) electrons. The minimum absolute atomic E-state index is 0.670. The summed E-state index contributed by atoms with van der Waals surface area (Å²) in [5.41, 5.74) is 0.670. The summed E-state index contributed by atoms with van der Waals surface area (Å²) < 4.78 is 1.21. The molecule has 0 spiro atoms. The highest BCUT2D eigenvalue weighted by molar-refractivity contribution is 9.10. The lowest BCUT2D eigenvalue weighted by molar-refractivity contribution is 0.421. The van der Waals surface area contributed by atoms with E-state index >= 15 is 0 Å². The average molecular weight is 288 g/mol. The molecule has 0 aliphatic heterocycles. The summed E-state index contributed by atoms with van der Waals surface area (Å²) in [6, 6.07) is 2.21. The van der Waals surface area contributed by atoms with Gasteiger partial charge in [0.1, 0.15) is 0 Å². The second-order valence-corrected chi connectivity index (χ2v) is 6.50. The molecule has 1 aromatic rings. The molecule has 3 heteroatoms. The Kier molecular flexibility index (Phi) is 3.86. The van der Waals surface area contributed by atoms with Gasteiger partial charge in [-0.15, -0.1) is 11.3 Å². The van der Waals surface area contributed by atoms with Crippen LogP contribution in [0.2, 0.25) is 0 Å². The van der Waals surface area contributed by atoms with Crippen LogP contribution >= 0.6 is 27.3 Å². The second-order valence-electron chi connectivity index (χ2n) is 4.58. The van der Waals surface area contributed by atoms with Crippen molar-refractivity contribution in [1.82, 2.24) is 5.32 Å². The summed E-state index contributed by atoms with van der Waals surface area (Å²) >= 11 is 5.31. The molecule has 2 rings (SSSR count). The van der Waals surface area contributed by atoms with Crippen LogP contribution in [0.25, 0.3) is 0 Å². The lowest BCUT2D eigenvalue weighted by Gasteiger charge is -2.14. The van der Waals surface area contributed by atoms with Crippen molar-refractivity contribution in [3.63, 3.8) is 0 Å². The van der Waals surface area contributed by atoms with Crippen molar-refractivity contribution in [2.24, 2.45) is 5.41 Å². The third-order valence-corrected chi connectivity index (χ3v) is 4.86. The fourth-order valence-corrected chi connectivity index (χ4v) is 3.54. The molecule has 0 aromatic carbocycles. The summed E-state index contributed by atoms with van der Waals surface area (Å²) in [4.78, 5) is 1.43. The van der Waals surface area contributed by atoms with Crippen molar-refractivity contribution in [1.29, 1.82) is 0 Å². The number of nitrogens with one attached hydrogen (secondary N) is 1. The smallest absolute Gasteiger partial charge is 0.0300 e. The van der Waals surface area contributed by atoms with E-state index in [0.717, 1.165) is 6.54 Å². The van der Waals surface area contributed by atoms with E-state index in [4.69, 9.17) is 0 Å². The minimum Gasteiger partial charge on any atom is -0.311 e. The monoisotopic (exact) mass is 287 g/mol. The first-order chi connectivity index (χ1) is 7.24. The van der Waals surface area contributed by atoms with Gasteiger partial charge in [0, 0.05) is 27.8 Å². The van der Waals surface area contributed by atoms with Gasteiger partial charge >= 0.3 is 0 Å². The molecule has 1 saturated carbocycles. The summed E-state index contributed by atoms with van der Waals surface area (Å²) in [6.45, 7) is 4.52. The third kappa shape index (κ3) is 3.30. The fourth-order valence-electron chi connectivity index (χ4n) is 2.12. The molecule has 84 valence electrons. The van der Waals surface area contributed by atoms with Crippen LogP contribution < -0.4 is 5.32 Å². The fraction of sp³-hybridized carbons (Fsp3) is 0.667. The zero-order chi connectivity index (χ0) is 10.7. The topological polar surface area (TPSA) is 12.0 Å².